The predicted molar refractivity (Wildman–Crippen MR) is 261 cm³/mol. The minimum Gasteiger partial charge on any atom is -0.462 e. The number of carbonyl (C=O) groups is 2. The summed E-state index contributed by atoms with van der Waals surface area (Å²) >= 11 is 0. The molecule has 0 bridgehead atoms. The molecule has 2 aliphatic heterocycles. The van der Waals surface area contributed by atoms with Crippen LogP contribution in [0.5, 0.6) is 0 Å². The molecule has 388 valence electrons. The Bertz CT molecular complexity index is 1510. The van der Waals surface area contributed by atoms with Crippen molar-refractivity contribution in [2.45, 2.75) is 210 Å². The van der Waals surface area contributed by atoms with E-state index in [-0.39, 0.29) is 19.4 Å². The van der Waals surface area contributed by atoms with Gasteiger partial charge in [-0.15, -0.1) is 0 Å². The Balaban J connectivity index is 1.84. The fourth-order valence-electron chi connectivity index (χ4n) is 7.28. The fourth-order valence-corrected chi connectivity index (χ4v) is 7.28. The number of esters is 2. The lowest BCUT2D eigenvalue weighted by Gasteiger charge is -2.42. The zero-order valence-corrected chi connectivity index (χ0v) is 40.8. The number of carbonyl (C=O) groups excluding carboxylic acids is 2. The summed E-state index contributed by atoms with van der Waals surface area (Å²) in [7, 11) is 0. The third kappa shape index (κ3) is 27.2. The number of aliphatic hydroxyl groups excluding tert-OH is 7. The second-order valence-electron chi connectivity index (χ2n) is 17.2. The van der Waals surface area contributed by atoms with Gasteiger partial charge in [-0.05, 0) is 83.5 Å². The van der Waals surface area contributed by atoms with E-state index in [1.165, 1.54) is 0 Å². The van der Waals surface area contributed by atoms with Gasteiger partial charge in [0.15, 0.2) is 18.7 Å². The molecule has 0 aromatic carbocycles. The summed E-state index contributed by atoms with van der Waals surface area (Å²) in [5, 5.41) is 72.1. The lowest BCUT2D eigenvalue weighted by atomic mass is 9.98. The van der Waals surface area contributed by atoms with Crippen LogP contribution in [-0.4, -0.2) is 142 Å². The first-order chi connectivity index (χ1) is 33.0. The molecule has 7 N–H and O–H groups in total. The topological polar surface area (TPSA) is 231 Å². The Morgan fingerprint density at radius 2 is 0.882 bits per heavy atom. The molecule has 2 heterocycles. The van der Waals surface area contributed by atoms with E-state index in [0.29, 0.717) is 12.8 Å². The van der Waals surface area contributed by atoms with E-state index in [0.717, 1.165) is 103 Å². The summed E-state index contributed by atoms with van der Waals surface area (Å²) in [5.74, 6) is -0.982. The Morgan fingerprint density at radius 1 is 0.471 bits per heavy atom. The minimum atomic E-state index is -1.78. The van der Waals surface area contributed by atoms with Crippen molar-refractivity contribution in [2.75, 3.05) is 26.4 Å². The number of hydrogen-bond donors (Lipinski definition) is 7. The molecule has 2 aliphatic rings. The van der Waals surface area contributed by atoms with Crippen LogP contribution in [0.4, 0.5) is 0 Å². The monoisotopic (exact) mass is 963 g/mol. The smallest absolute Gasteiger partial charge is 0.306 e. The highest BCUT2D eigenvalue weighted by Gasteiger charge is 2.47. The van der Waals surface area contributed by atoms with Crippen molar-refractivity contribution in [3.05, 3.63) is 85.1 Å². The van der Waals surface area contributed by atoms with Crippen molar-refractivity contribution in [3.63, 3.8) is 0 Å². The summed E-state index contributed by atoms with van der Waals surface area (Å²) in [6.45, 7) is 2.29. The molecule has 68 heavy (non-hydrogen) atoms. The molecule has 0 radical (unpaired) electrons. The van der Waals surface area contributed by atoms with Crippen LogP contribution in [0.2, 0.25) is 0 Å². The van der Waals surface area contributed by atoms with E-state index in [1.54, 1.807) is 0 Å². The average Bonchev–Trinajstić information content (AvgIpc) is 3.33. The Hall–Kier alpha value is -3.32. The highest BCUT2D eigenvalue weighted by atomic mass is 16.7. The molecular weight excluding hydrogens is 877 g/mol. The number of hydrogen-bond acceptors (Lipinski definition) is 15. The maximum absolute atomic E-state index is 13.0. The lowest BCUT2D eigenvalue weighted by Crippen LogP contribution is -2.61. The first kappa shape index (κ1) is 60.8. The third-order valence-corrected chi connectivity index (χ3v) is 11.4. The number of allylic oxidation sites excluding steroid dienone is 14. The number of rotatable bonds is 37. The van der Waals surface area contributed by atoms with Crippen molar-refractivity contribution < 1.29 is 73.8 Å². The second kappa shape index (κ2) is 39.4. The first-order valence-electron chi connectivity index (χ1n) is 25.2. The van der Waals surface area contributed by atoms with Gasteiger partial charge in [-0.1, -0.05) is 131 Å². The molecule has 2 rings (SSSR count). The van der Waals surface area contributed by atoms with Gasteiger partial charge in [0.2, 0.25) is 0 Å². The quantitative estimate of drug-likeness (QED) is 0.0193. The molecule has 2 saturated heterocycles. The highest BCUT2D eigenvalue weighted by Crippen LogP contribution is 2.26. The number of ether oxygens (including phenoxy) is 6. The Labute approximate surface area is 405 Å². The van der Waals surface area contributed by atoms with E-state index in [1.807, 2.05) is 0 Å². The third-order valence-electron chi connectivity index (χ3n) is 11.4. The second-order valence-corrected chi connectivity index (χ2v) is 17.2. The van der Waals surface area contributed by atoms with E-state index in [9.17, 15) is 45.3 Å². The molecule has 15 nitrogen and oxygen atoms in total. The van der Waals surface area contributed by atoms with Crippen molar-refractivity contribution >= 4 is 11.9 Å². The van der Waals surface area contributed by atoms with Crippen molar-refractivity contribution in [1.29, 1.82) is 0 Å². The van der Waals surface area contributed by atoms with Crippen LogP contribution in [0.25, 0.3) is 0 Å². The Kier molecular flexibility index (Phi) is 35.2. The van der Waals surface area contributed by atoms with Gasteiger partial charge >= 0.3 is 11.9 Å². The SMILES string of the molecule is CC/C=C\C/C=C\C/C=C\C/C=C\CCCCCCC(=O)OC(COC(=O)CCCCCCC/C=C\C/C=C\C/C=C\CC)COC1OC(COC2OC(CO)C(O)C(O)C2O)C(O)C(O)C1O. The predicted octanol–water partition coefficient (Wildman–Crippen LogP) is 6.82. The van der Waals surface area contributed by atoms with Crippen LogP contribution < -0.4 is 0 Å². The molecule has 0 saturated carbocycles. The summed E-state index contributed by atoms with van der Waals surface area (Å²) in [6.07, 6.45) is 30.4. The molecule has 2 fully saturated rings. The molecule has 15 heteroatoms. The molecule has 0 aromatic rings. The summed E-state index contributed by atoms with van der Waals surface area (Å²) in [5.41, 5.74) is 0. The normalized spacial score (nSPS) is 26.5. The fraction of sp³-hybridized carbons (Fsp3) is 0.698. The van der Waals surface area contributed by atoms with Gasteiger partial charge in [-0.3, -0.25) is 9.59 Å². The zero-order valence-electron chi connectivity index (χ0n) is 40.8. The average molecular weight is 963 g/mol. The van der Waals surface area contributed by atoms with Gasteiger partial charge in [0.1, 0.15) is 55.4 Å². The van der Waals surface area contributed by atoms with E-state index in [2.05, 4.69) is 98.9 Å². The van der Waals surface area contributed by atoms with Gasteiger partial charge < -0.3 is 64.2 Å². The molecule has 11 atom stereocenters. The van der Waals surface area contributed by atoms with Crippen LogP contribution in [0.15, 0.2) is 85.1 Å². The van der Waals surface area contributed by atoms with Gasteiger partial charge in [-0.2, -0.15) is 0 Å². The minimum absolute atomic E-state index is 0.128. The Morgan fingerprint density at radius 3 is 1.38 bits per heavy atom. The van der Waals surface area contributed by atoms with Crippen molar-refractivity contribution in [1.82, 2.24) is 0 Å². The summed E-state index contributed by atoms with van der Waals surface area (Å²) in [6, 6.07) is 0. The number of unbranched alkanes of at least 4 members (excludes halogenated alkanes) is 9. The van der Waals surface area contributed by atoms with Gasteiger partial charge in [-0.25, -0.2) is 0 Å². The molecule has 0 spiro atoms. The number of aliphatic hydroxyl groups is 7. The summed E-state index contributed by atoms with van der Waals surface area (Å²) < 4.78 is 33.5. The van der Waals surface area contributed by atoms with Crippen LogP contribution >= 0.6 is 0 Å². The zero-order chi connectivity index (χ0) is 49.6. The molecule has 0 amide bonds. The summed E-state index contributed by atoms with van der Waals surface area (Å²) in [4.78, 5) is 25.7. The van der Waals surface area contributed by atoms with Gasteiger partial charge in [0.05, 0.1) is 19.8 Å². The maximum Gasteiger partial charge on any atom is 0.306 e. The first-order valence-corrected chi connectivity index (χ1v) is 25.2. The van der Waals surface area contributed by atoms with Crippen molar-refractivity contribution in [2.24, 2.45) is 0 Å². The van der Waals surface area contributed by atoms with Crippen LogP contribution in [0, 0.1) is 0 Å². The van der Waals surface area contributed by atoms with Crippen LogP contribution in [0.3, 0.4) is 0 Å². The standard InChI is InChI=1S/C53H86O15/c1-3-5-7-9-11-13-15-17-19-20-22-24-26-28-30-32-34-36-45(56)66-41(38-63-44(55)35-33-31-29-27-25-23-21-18-16-14-12-10-8-6-4-2)39-64-52-51(62)49(60)47(58)43(68-52)40-65-53-50(61)48(59)46(57)42(37-54)67-53/h5-8,11-14,17-19,21-22,24,41-43,46-54,57-62H,3-4,9-10,15-16,20,23,25-40H2,1-2H3/b7-5-,8-6-,13-11-,14-12-,19-17-,21-18-,24-22-. The van der Waals surface area contributed by atoms with E-state index in [4.69, 9.17) is 28.4 Å². The van der Waals surface area contributed by atoms with Crippen molar-refractivity contribution in [3.8, 4) is 0 Å². The molecule has 0 aromatic heterocycles. The molecule has 11 unspecified atom stereocenters. The van der Waals surface area contributed by atoms with Crippen LogP contribution in [0.1, 0.15) is 142 Å². The molecular formula is C53H86O15. The van der Waals surface area contributed by atoms with E-state index < -0.39 is 99.3 Å². The van der Waals surface area contributed by atoms with Gasteiger partial charge in [0.25, 0.3) is 0 Å². The maximum atomic E-state index is 13.0. The highest BCUT2D eigenvalue weighted by molar-refractivity contribution is 5.70. The van der Waals surface area contributed by atoms with Crippen LogP contribution in [-0.2, 0) is 38.0 Å². The molecule has 0 aliphatic carbocycles. The van der Waals surface area contributed by atoms with E-state index >= 15 is 0 Å². The largest absolute Gasteiger partial charge is 0.462 e. The van der Waals surface area contributed by atoms with Gasteiger partial charge in [0, 0.05) is 12.8 Å². The lowest BCUT2D eigenvalue weighted by molar-refractivity contribution is -0.332.